The van der Waals surface area contributed by atoms with Crippen LogP contribution in [0.5, 0.6) is 0 Å². The average Bonchev–Trinajstić information content (AvgIpc) is 2.82. The Balaban J connectivity index is 0.000000325. The Morgan fingerprint density at radius 2 is 1.94 bits per heavy atom. The molecule has 1 rings (SSSR count). The molecule has 17 heavy (non-hydrogen) atoms. The van der Waals surface area contributed by atoms with E-state index in [1.807, 2.05) is 0 Å². The molecule has 4 heteroatoms. The minimum absolute atomic E-state index is 0.509. The molecule has 0 unspecified atom stereocenters. The van der Waals surface area contributed by atoms with E-state index in [-0.39, 0.29) is 0 Å². The predicted molar refractivity (Wildman–Crippen MR) is 71.4 cm³/mol. The third-order valence-corrected chi connectivity index (χ3v) is 2.94. The maximum absolute atomic E-state index is 10.0. The van der Waals surface area contributed by atoms with Gasteiger partial charge < -0.3 is 15.3 Å². The predicted octanol–water partition coefficient (Wildman–Crippen LogP) is 2.71. The van der Waals surface area contributed by atoms with Crippen LogP contribution < -0.4 is 5.32 Å². The zero-order chi connectivity index (χ0) is 13.1. The zero-order valence-corrected chi connectivity index (χ0v) is 11.3. The van der Waals surface area contributed by atoms with Gasteiger partial charge in [0.05, 0.1) is 0 Å². The first-order chi connectivity index (χ1) is 8.13. The molecule has 0 aliphatic heterocycles. The quantitative estimate of drug-likeness (QED) is 0.729. The van der Waals surface area contributed by atoms with E-state index in [0.717, 1.165) is 12.8 Å². The maximum Gasteiger partial charge on any atom is 0.404 e. The van der Waals surface area contributed by atoms with Gasteiger partial charge in [0.2, 0.25) is 0 Å². The lowest BCUT2D eigenvalue weighted by Crippen LogP contribution is -2.22. The fourth-order valence-corrected chi connectivity index (χ4v) is 1.76. The molecule has 1 aliphatic rings. The highest BCUT2D eigenvalue weighted by molar-refractivity contribution is 5.64. The Hall–Kier alpha value is -1.03. The van der Waals surface area contributed by atoms with Crippen molar-refractivity contribution >= 4 is 6.09 Å². The Morgan fingerprint density at radius 1 is 1.35 bits per heavy atom. The van der Waals surface area contributed by atoms with Gasteiger partial charge in [-0.05, 0) is 38.9 Å². The third-order valence-electron chi connectivity index (χ3n) is 2.94. The first-order valence-corrected chi connectivity index (χ1v) is 6.51. The lowest BCUT2D eigenvalue weighted by molar-refractivity contribution is 0.195. The molecule has 0 heterocycles. The van der Waals surface area contributed by atoms with Gasteiger partial charge in [-0.2, -0.15) is 0 Å². The van der Waals surface area contributed by atoms with Crippen LogP contribution in [0, 0.1) is 0 Å². The molecule has 1 aliphatic carbocycles. The van der Waals surface area contributed by atoms with E-state index in [1.54, 1.807) is 0 Å². The normalized spacial score (nSPS) is 14.0. The van der Waals surface area contributed by atoms with E-state index in [0.29, 0.717) is 6.54 Å². The van der Waals surface area contributed by atoms with Crippen LogP contribution in [0.2, 0.25) is 0 Å². The van der Waals surface area contributed by atoms with Crippen molar-refractivity contribution in [1.29, 1.82) is 0 Å². The van der Waals surface area contributed by atoms with Crippen molar-refractivity contribution in [3.05, 3.63) is 11.6 Å². The number of amides is 1. The number of allylic oxidation sites excluding steroid dienone is 1. The van der Waals surface area contributed by atoms with E-state index < -0.39 is 6.09 Å². The van der Waals surface area contributed by atoms with E-state index >= 15 is 0 Å². The second-order valence-corrected chi connectivity index (χ2v) is 4.03. The third kappa shape index (κ3) is 8.74. The summed E-state index contributed by atoms with van der Waals surface area (Å²) in [6.07, 6.45) is 4.51. The molecule has 2 N–H and O–H groups in total. The summed E-state index contributed by atoms with van der Waals surface area (Å²) in [7, 11) is 0. The second-order valence-electron chi connectivity index (χ2n) is 4.03. The van der Waals surface area contributed by atoms with Crippen LogP contribution in [-0.4, -0.2) is 42.3 Å². The van der Waals surface area contributed by atoms with E-state index in [2.05, 4.69) is 37.1 Å². The van der Waals surface area contributed by atoms with Gasteiger partial charge in [0, 0.05) is 6.54 Å². The van der Waals surface area contributed by atoms with E-state index in [1.165, 1.54) is 31.6 Å². The standard InChI is InChI=1S/C7H11NO2.C6H15N/c9-7(10)8-5-6-3-1-2-4-6;1-4-7(5-2)6-3/h3,8H,1-2,4-5H2,(H,9,10);4-6H2,1-3H3. The van der Waals surface area contributed by atoms with Gasteiger partial charge in [-0.1, -0.05) is 32.4 Å². The number of carbonyl (C=O) groups is 1. The number of hydrogen-bond acceptors (Lipinski definition) is 2. The Bertz CT molecular complexity index is 230. The summed E-state index contributed by atoms with van der Waals surface area (Å²) in [5.74, 6) is 0. The molecule has 0 saturated heterocycles. The molecule has 0 aromatic carbocycles. The van der Waals surface area contributed by atoms with Gasteiger partial charge in [-0.25, -0.2) is 4.79 Å². The van der Waals surface area contributed by atoms with Crippen molar-refractivity contribution in [2.24, 2.45) is 0 Å². The van der Waals surface area contributed by atoms with E-state index in [4.69, 9.17) is 5.11 Å². The monoisotopic (exact) mass is 242 g/mol. The fourth-order valence-electron chi connectivity index (χ4n) is 1.76. The Labute approximate surface area is 105 Å². The summed E-state index contributed by atoms with van der Waals surface area (Å²) in [6.45, 7) is 10.6. The van der Waals surface area contributed by atoms with Crippen molar-refractivity contribution in [2.75, 3.05) is 26.2 Å². The molecular weight excluding hydrogens is 216 g/mol. The highest BCUT2D eigenvalue weighted by atomic mass is 16.4. The van der Waals surface area contributed by atoms with Crippen LogP contribution in [0.4, 0.5) is 4.79 Å². The van der Waals surface area contributed by atoms with Crippen molar-refractivity contribution in [1.82, 2.24) is 10.2 Å². The summed E-state index contributed by atoms with van der Waals surface area (Å²) in [5.41, 5.74) is 1.22. The lowest BCUT2D eigenvalue weighted by atomic mass is 10.2. The van der Waals surface area contributed by atoms with Crippen LogP contribution in [-0.2, 0) is 0 Å². The van der Waals surface area contributed by atoms with Crippen LogP contribution in [0.1, 0.15) is 40.0 Å². The summed E-state index contributed by atoms with van der Waals surface area (Å²) in [6, 6.07) is 0. The van der Waals surface area contributed by atoms with Crippen molar-refractivity contribution in [2.45, 2.75) is 40.0 Å². The second kappa shape index (κ2) is 10.1. The molecule has 100 valence electrons. The van der Waals surface area contributed by atoms with Crippen molar-refractivity contribution in [3.63, 3.8) is 0 Å². The number of hydrogen-bond donors (Lipinski definition) is 2. The first kappa shape index (κ1) is 16.0. The summed E-state index contributed by atoms with van der Waals surface area (Å²) in [5, 5.41) is 10.6. The first-order valence-electron chi connectivity index (χ1n) is 6.51. The van der Waals surface area contributed by atoms with E-state index in [9.17, 15) is 4.79 Å². The van der Waals surface area contributed by atoms with Crippen LogP contribution in [0.15, 0.2) is 11.6 Å². The molecule has 0 radical (unpaired) electrons. The minimum atomic E-state index is -0.937. The Kier molecular flexibility index (Phi) is 9.53. The molecule has 0 fully saturated rings. The summed E-state index contributed by atoms with van der Waals surface area (Å²) in [4.78, 5) is 12.4. The highest BCUT2D eigenvalue weighted by Gasteiger charge is 2.04. The fraction of sp³-hybridized carbons (Fsp3) is 0.769. The van der Waals surface area contributed by atoms with Gasteiger partial charge in [0.25, 0.3) is 0 Å². The van der Waals surface area contributed by atoms with Gasteiger partial charge in [0.1, 0.15) is 0 Å². The summed E-state index contributed by atoms with van der Waals surface area (Å²) >= 11 is 0. The van der Waals surface area contributed by atoms with Gasteiger partial charge >= 0.3 is 6.09 Å². The van der Waals surface area contributed by atoms with Crippen molar-refractivity contribution in [3.8, 4) is 0 Å². The molecule has 4 nitrogen and oxygen atoms in total. The number of nitrogens with zero attached hydrogens (tertiary/aromatic N) is 1. The van der Waals surface area contributed by atoms with Gasteiger partial charge in [0.15, 0.2) is 0 Å². The van der Waals surface area contributed by atoms with Crippen LogP contribution >= 0.6 is 0 Å². The van der Waals surface area contributed by atoms with Gasteiger partial charge in [-0.15, -0.1) is 0 Å². The SMILES string of the molecule is CCN(CC)CC.O=C(O)NCC1=CCCC1. The number of carboxylic acid groups (broad SMARTS) is 1. The molecule has 0 aromatic heterocycles. The highest BCUT2D eigenvalue weighted by Crippen LogP contribution is 2.15. The Morgan fingerprint density at radius 3 is 2.24 bits per heavy atom. The van der Waals surface area contributed by atoms with Crippen LogP contribution in [0.3, 0.4) is 0 Å². The maximum atomic E-state index is 10.0. The van der Waals surface area contributed by atoms with Crippen LogP contribution in [0.25, 0.3) is 0 Å². The topological polar surface area (TPSA) is 52.6 Å². The zero-order valence-electron chi connectivity index (χ0n) is 11.3. The van der Waals surface area contributed by atoms with Gasteiger partial charge in [-0.3, -0.25) is 0 Å². The smallest absolute Gasteiger partial charge is 0.404 e. The summed E-state index contributed by atoms with van der Waals surface area (Å²) < 4.78 is 0. The molecule has 0 saturated carbocycles. The molecule has 1 amide bonds. The molecule has 0 atom stereocenters. The minimum Gasteiger partial charge on any atom is -0.465 e. The molecular formula is C13H26N2O2. The molecule has 0 aromatic rings. The number of nitrogens with one attached hydrogen (secondary N) is 1. The van der Waals surface area contributed by atoms with Crippen molar-refractivity contribution < 1.29 is 9.90 Å². The molecule has 0 bridgehead atoms. The largest absolute Gasteiger partial charge is 0.465 e. The number of rotatable bonds is 5. The lowest BCUT2D eigenvalue weighted by Gasteiger charge is -2.13. The average molecular weight is 242 g/mol. The molecule has 0 spiro atoms.